The SMILES string of the molecule is CCN(CC(C)C)c1ccc(C(=O)O)cc1Br. The number of nitrogens with zero attached hydrogens (tertiary/aromatic N) is 1. The minimum atomic E-state index is -0.899. The van der Waals surface area contributed by atoms with Gasteiger partial charge in [0.2, 0.25) is 0 Å². The third-order valence-corrected chi connectivity index (χ3v) is 3.14. The lowest BCUT2D eigenvalue weighted by Gasteiger charge is -2.26. The van der Waals surface area contributed by atoms with E-state index in [0.29, 0.717) is 11.5 Å². The van der Waals surface area contributed by atoms with E-state index in [9.17, 15) is 4.79 Å². The van der Waals surface area contributed by atoms with E-state index in [1.165, 1.54) is 0 Å². The molecule has 0 bridgehead atoms. The summed E-state index contributed by atoms with van der Waals surface area (Å²) in [5, 5.41) is 8.91. The summed E-state index contributed by atoms with van der Waals surface area (Å²) in [5.74, 6) is -0.329. The van der Waals surface area contributed by atoms with E-state index in [2.05, 4.69) is 41.6 Å². The monoisotopic (exact) mass is 299 g/mol. The van der Waals surface area contributed by atoms with Gasteiger partial charge in [-0.3, -0.25) is 0 Å². The Labute approximate surface area is 111 Å². The van der Waals surface area contributed by atoms with Crippen LogP contribution in [0.3, 0.4) is 0 Å². The minimum absolute atomic E-state index is 0.307. The highest BCUT2D eigenvalue weighted by Crippen LogP contribution is 2.28. The molecule has 0 saturated carbocycles. The van der Waals surface area contributed by atoms with E-state index in [-0.39, 0.29) is 0 Å². The number of rotatable bonds is 5. The van der Waals surface area contributed by atoms with Gasteiger partial charge in [0.1, 0.15) is 0 Å². The molecule has 1 aromatic carbocycles. The van der Waals surface area contributed by atoms with Gasteiger partial charge in [-0.15, -0.1) is 0 Å². The number of benzene rings is 1. The highest BCUT2D eigenvalue weighted by molar-refractivity contribution is 9.10. The molecule has 0 spiro atoms. The summed E-state index contributed by atoms with van der Waals surface area (Å²) in [7, 11) is 0. The zero-order valence-electron chi connectivity index (χ0n) is 10.4. The highest BCUT2D eigenvalue weighted by Gasteiger charge is 2.12. The molecule has 17 heavy (non-hydrogen) atoms. The molecule has 1 N–H and O–H groups in total. The fourth-order valence-electron chi connectivity index (χ4n) is 1.73. The van der Waals surface area contributed by atoms with Crippen LogP contribution in [0.25, 0.3) is 0 Å². The van der Waals surface area contributed by atoms with Crippen molar-refractivity contribution in [1.82, 2.24) is 0 Å². The molecule has 0 aliphatic heterocycles. The second-order valence-corrected chi connectivity index (χ2v) is 5.26. The van der Waals surface area contributed by atoms with Gasteiger partial charge >= 0.3 is 5.97 Å². The Bertz CT molecular complexity index is 404. The van der Waals surface area contributed by atoms with Crippen molar-refractivity contribution in [2.75, 3.05) is 18.0 Å². The van der Waals surface area contributed by atoms with Gasteiger partial charge in [0.05, 0.1) is 11.3 Å². The van der Waals surface area contributed by atoms with Gasteiger partial charge in [0, 0.05) is 17.6 Å². The Morgan fingerprint density at radius 2 is 2.12 bits per heavy atom. The van der Waals surface area contributed by atoms with E-state index < -0.39 is 5.97 Å². The molecular weight excluding hydrogens is 282 g/mol. The summed E-state index contributed by atoms with van der Waals surface area (Å²) in [5.41, 5.74) is 1.35. The molecule has 0 aliphatic rings. The van der Waals surface area contributed by atoms with E-state index in [1.54, 1.807) is 12.1 Å². The number of carbonyl (C=O) groups is 1. The molecular formula is C13H18BrNO2. The predicted octanol–water partition coefficient (Wildman–Crippen LogP) is 3.63. The van der Waals surface area contributed by atoms with Crippen LogP contribution < -0.4 is 4.90 Å². The maximum absolute atomic E-state index is 10.8. The highest BCUT2D eigenvalue weighted by atomic mass is 79.9. The number of carboxylic acid groups (broad SMARTS) is 1. The van der Waals surface area contributed by atoms with Crippen molar-refractivity contribution in [3.63, 3.8) is 0 Å². The maximum Gasteiger partial charge on any atom is 0.335 e. The van der Waals surface area contributed by atoms with E-state index in [4.69, 9.17) is 5.11 Å². The van der Waals surface area contributed by atoms with Crippen molar-refractivity contribution >= 4 is 27.6 Å². The number of halogens is 1. The number of aromatic carboxylic acids is 1. The third kappa shape index (κ3) is 3.73. The van der Waals surface area contributed by atoms with Gasteiger partial charge in [0.25, 0.3) is 0 Å². The first-order chi connectivity index (χ1) is 7.95. The molecule has 0 amide bonds. The lowest BCUT2D eigenvalue weighted by molar-refractivity contribution is 0.0697. The average Bonchev–Trinajstić information content (AvgIpc) is 2.25. The molecule has 0 radical (unpaired) electrons. The third-order valence-electron chi connectivity index (χ3n) is 2.50. The zero-order chi connectivity index (χ0) is 13.0. The summed E-state index contributed by atoms with van der Waals surface area (Å²) < 4.78 is 0.833. The smallest absolute Gasteiger partial charge is 0.335 e. The van der Waals surface area contributed by atoms with Crippen molar-refractivity contribution in [1.29, 1.82) is 0 Å². The Hall–Kier alpha value is -1.03. The Kier molecular flexibility index (Phi) is 5.00. The maximum atomic E-state index is 10.8. The minimum Gasteiger partial charge on any atom is -0.478 e. The molecule has 0 saturated heterocycles. The van der Waals surface area contributed by atoms with E-state index in [1.807, 2.05) is 6.07 Å². The first-order valence-corrected chi connectivity index (χ1v) is 6.52. The van der Waals surface area contributed by atoms with Crippen LogP contribution in [0.1, 0.15) is 31.1 Å². The van der Waals surface area contributed by atoms with Crippen molar-refractivity contribution in [3.8, 4) is 0 Å². The van der Waals surface area contributed by atoms with Gasteiger partial charge in [-0.25, -0.2) is 4.79 Å². The summed E-state index contributed by atoms with van der Waals surface area (Å²) >= 11 is 3.44. The zero-order valence-corrected chi connectivity index (χ0v) is 12.0. The quantitative estimate of drug-likeness (QED) is 0.902. The number of carboxylic acids is 1. The summed E-state index contributed by atoms with van der Waals surface area (Å²) in [4.78, 5) is 13.1. The molecule has 0 heterocycles. The molecule has 0 fully saturated rings. The van der Waals surface area contributed by atoms with E-state index >= 15 is 0 Å². The topological polar surface area (TPSA) is 40.5 Å². The first-order valence-electron chi connectivity index (χ1n) is 5.73. The Morgan fingerprint density at radius 1 is 1.47 bits per heavy atom. The van der Waals surface area contributed by atoms with Crippen molar-refractivity contribution < 1.29 is 9.90 Å². The molecule has 4 heteroatoms. The lowest BCUT2D eigenvalue weighted by Crippen LogP contribution is -2.27. The summed E-state index contributed by atoms with van der Waals surface area (Å²) in [6, 6.07) is 5.16. The van der Waals surface area contributed by atoms with E-state index in [0.717, 1.165) is 23.2 Å². The molecule has 3 nitrogen and oxygen atoms in total. The molecule has 1 aromatic rings. The van der Waals surface area contributed by atoms with Crippen LogP contribution in [-0.2, 0) is 0 Å². The Morgan fingerprint density at radius 3 is 2.53 bits per heavy atom. The molecule has 0 unspecified atom stereocenters. The average molecular weight is 300 g/mol. The molecule has 0 aliphatic carbocycles. The standard InChI is InChI=1S/C13H18BrNO2/c1-4-15(8-9(2)3)12-6-5-10(13(16)17)7-11(12)14/h5-7,9H,4,8H2,1-3H3,(H,16,17). The van der Waals surface area contributed by atoms with Crippen LogP contribution in [-0.4, -0.2) is 24.2 Å². The van der Waals surface area contributed by atoms with Crippen LogP contribution in [0.5, 0.6) is 0 Å². The normalized spacial score (nSPS) is 10.6. The number of hydrogen-bond donors (Lipinski definition) is 1. The van der Waals surface area contributed by atoms with Crippen LogP contribution >= 0.6 is 15.9 Å². The number of anilines is 1. The fraction of sp³-hybridized carbons (Fsp3) is 0.462. The molecule has 1 rings (SSSR count). The first kappa shape index (κ1) is 14.0. The van der Waals surface area contributed by atoms with Crippen molar-refractivity contribution in [2.24, 2.45) is 5.92 Å². The van der Waals surface area contributed by atoms with Crippen molar-refractivity contribution in [2.45, 2.75) is 20.8 Å². The van der Waals surface area contributed by atoms with Crippen LogP contribution in [0.15, 0.2) is 22.7 Å². The molecule has 94 valence electrons. The van der Waals surface area contributed by atoms with Gasteiger partial charge < -0.3 is 10.0 Å². The fourth-order valence-corrected chi connectivity index (χ4v) is 2.36. The van der Waals surface area contributed by atoms with Crippen LogP contribution in [0.4, 0.5) is 5.69 Å². The van der Waals surface area contributed by atoms with Crippen LogP contribution in [0.2, 0.25) is 0 Å². The van der Waals surface area contributed by atoms with Gasteiger partial charge in [0.15, 0.2) is 0 Å². The Balaban J connectivity index is 3.00. The second kappa shape index (κ2) is 6.05. The molecule has 0 aromatic heterocycles. The van der Waals surface area contributed by atoms with Crippen LogP contribution in [0, 0.1) is 5.92 Å². The summed E-state index contributed by atoms with van der Waals surface area (Å²) in [6.45, 7) is 8.30. The van der Waals surface area contributed by atoms with Gasteiger partial charge in [-0.2, -0.15) is 0 Å². The molecule has 0 atom stereocenters. The lowest BCUT2D eigenvalue weighted by atomic mass is 10.1. The van der Waals surface area contributed by atoms with Gasteiger partial charge in [-0.05, 0) is 47.0 Å². The predicted molar refractivity (Wildman–Crippen MR) is 73.8 cm³/mol. The van der Waals surface area contributed by atoms with Crippen molar-refractivity contribution in [3.05, 3.63) is 28.2 Å². The second-order valence-electron chi connectivity index (χ2n) is 4.40. The summed E-state index contributed by atoms with van der Waals surface area (Å²) in [6.07, 6.45) is 0. The number of hydrogen-bond acceptors (Lipinski definition) is 2. The van der Waals surface area contributed by atoms with Gasteiger partial charge in [-0.1, -0.05) is 13.8 Å². The largest absolute Gasteiger partial charge is 0.478 e.